The van der Waals surface area contributed by atoms with Crippen LogP contribution in [-0.4, -0.2) is 52.9 Å². The molecular formula is C29H32N6O2. The quantitative estimate of drug-likeness (QED) is 0.494. The largest absolute Gasteiger partial charge is 0.368 e. The zero-order valence-corrected chi connectivity index (χ0v) is 20.9. The van der Waals surface area contributed by atoms with Crippen LogP contribution in [0.4, 0.5) is 23.0 Å². The first-order chi connectivity index (χ1) is 18.1. The van der Waals surface area contributed by atoms with Crippen LogP contribution in [0.15, 0.2) is 60.8 Å². The van der Waals surface area contributed by atoms with Crippen molar-refractivity contribution in [1.82, 2.24) is 14.9 Å². The summed E-state index contributed by atoms with van der Waals surface area (Å²) in [5.74, 6) is 1.44. The van der Waals surface area contributed by atoms with Crippen LogP contribution in [0.25, 0.3) is 11.3 Å². The Morgan fingerprint density at radius 2 is 1.49 bits per heavy atom. The number of rotatable bonds is 7. The Morgan fingerprint density at radius 1 is 0.784 bits per heavy atom. The molecule has 0 atom stereocenters. The number of piperazine rings is 1. The topological polar surface area (TPSA) is 90.5 Å². The van der Waals surface area contributed by atoms with Crippen LogP contribution in [-0.2, 0) is 9.59 Å². The van der Waals surface area contributed by atoms with Gasteiger partial charge in [-0.3, -0.25) is 9.59 Å². The number of carbonyl (C=O) groups is 2. The van der Waals surface area contributed by atoms with Gasteiger partial charge in [0.1, 0.15) is 0 Å². The van der Waals surface area contributed by atoms with Gasteiger partial charge in [-0.15, -0.1) is 0 Å². The second kappa shape index (κ2) is 10.2. The van der Waals surface area contributed by atoms with Gasteiger partial charge in [0.05, 0.1) is 5.69 Å². The van der Waals surface area contributed by atoms with Crippen LogP contribution in [0.2, 0.25) is 0 Å². The highest BCUT2D eigenvalue weighted by Gasteiger charge is 2.31. The van der Waals surface area contributed by atoms with Gasteiger partial charge in [-0.1, -0.05) is 18.6 Å². The Morgan fingerprint density at radius 3 is 2.14 bits per heavy atom. The molecule has 2 heterocycles. The maximum Gasteiger partial charge on any atom is 0.227 e. The van der Waals surface area contributed by atoms with Crippen LogP contribution >= 0.6 is 0 Å². The van der Waals surface area contributed by atoms with Crippen molar-refractivity contribution < 1.29 is 9.59 Å². The number of amides is 2. The van der Waals surface area contributed by atoms with Gasteiger partial charge in [0, 0.05) is 66.8 Å². The lowest BCUT2D eigenvalue weighted by Gasteiger charge is -2.39. The minimum absolute atomic E-state index is 0.105. The fourth-order valence-corrected chi connectivity index (χ4v) is 4.88. The summed E-state index contributed by atoms with van der Waals surface area (Å²) in [5.41, 5.74) is 4.64. The van der Waals surface area contributed by atoms with Gasteiger partial charge in [-0.25, -0.2) is 9.97 Å². The Kier molecular flexibility index (Phi) is 6.47. The van der Waals surface area contributed by atoms with Crippen LogP contribution in [0.5, 0.6) is 0 Å². The lowest BCUT2D eigenvalue weighted by molar-refractivity contribution is -0.138. The summed E-state index contributed by atoms with van der Waals surface area (Å²) < 4.78 is 0. The lowest BCUT2D eigenvalue weighted by Crippen LogP contribution is -2.51. The zero-order chi connectivity index (χ0) is 25.2. The predicted octanol–water partition coefficient (Wildman–Crippen LogP) is 4.68. The maximum atomic E-state index is 12.5. The van der Waals surface area contributed by atoms with E-state index in [2.05, 4.69) is 37.6 Å². The summed E-state index contributed by atoms with van der Waals surface area (Å²) in [6.07, 6.45) is 7.04. The molecule has 1 saturated heterocycles. The highest BCUT2D eigenvalue weighted by Crippen LogP contribution is 2.31. The van der Waals surface area contributed by atoms with Crippen molar-refractivity contribution in [2.75, 3.05) is 41.7 Å². The zero-order valence-electron chi connectivity index (χ0n) is 20.9. The number of benzene rings is 2. The van der Waals surface area contributed by atoms with E-state index in [1.165, 1.54) is 6.42 Å². The molecule has 2 saturated carbocycles. The van der Waals surface area contributed by atoms with Gasteiger partial charge >= 0.3 is 0 Å². The maximum absolute atomic E-state index is 12.5. The van der Waals surface area contributed by atoms with Crippen molar-refractivity contribution in [1.29, 1.82) is 0 Å². The van der Waals surface area contributed by atoms with E-state index in [9.17, 15) is 9.59 Å². The van der Waals surface area contributed by atoms with Gasteiger partial charge in [-0.2, -0.15) is 0 Å². The molecule has 0 radical (unpaired) electrons. The fourth-order valence-electron chi connectivity index (χ4n) is 4.88. The third-order valence-electron chi connectivity index (χ3n) is 7.59. The van der Waals surface area contributed by atoms with Gasteiger partial charge in [0.25, 0.3) is 0 Å². The number of anilines is 4. The molecule has 0 unspecified atom stereocenters. The van der Waals surface area contributed by atoms with E-state index in [0.29, 0.717) is 11.9 Å². The Hall–Kier alpha value is -3.94. The molecule has 0 bridgehead atoms. The van der Waals surface area contributed by atoms with E-state index >= 15 is 0 Å². The number of nitrogens with zero attached hydrogens (tertiary/aromatic N) is 4. The molecule has 2 N–H and O–H groups in total. The fraction of sp³-hybridized carbons (Fsp3) is 0.379. The molecule has 8 heteroatoms. The molecule has 2 aromatic carbocycles. The highest BCUT2D eigenvalue weighted by atomic mass is 16.2. The van der Waals surface area contributed by atoms with Gasteiger partial charge in [0.2, 0.25) is 17.8 Å². The van der Waals surface area contributed by atoms with Crippen molar-refractivity contribution in [3.05, 3.63) is 60.8 Å². The normalized spacial score (nSPS) is 17.7. The van der Waals surface area contributed by atoms with E-state index in [1.807, 2.05) is 47.4 Å². The van der Waals surface area contributed by atoms with Crippen molar-refractivity contribution in [3.63, 3.8) is 0 Å². The average Bonchev–Trinajstić information content (AvgIpc) is 3.75. The third-order valence-corrected chi connectivity index (χ3v) is 7.59. The SMILES string of the molecule is O=C(Nc1ccc(-c2ccnc(Nc3ccc(N4CCN(C(=O)C5CCC5)CC4)cc3)n2)cc1)C1CC1. The Bertz CT molecular complexity index is 1260. The van der Waals surface area contributed by atoms with Crippen molar-refractivity contribution in [2.24, 2.45) is 11.8 Å². The minimum Gasteiger partial charge on any atom is -0.368 e. The molecule has 6 rings (SSSR count). The molecule has 3 aromatic rings. The summed E-state index contributed by atoms with van der Waals surface area (Å²) in [6, 6.07) is 17.9. The number of aromatic nitrogens is 2. The van der Waals surface area contributed by atoms with Gasteiger partial charge in [-0.05, 0) is 68.1 Å². The molecule has 2 aliphatic carbocycles. The first kappa shape index (κ1) is 23.5. The van der Waals surface area contributed by atoms with Gasteiger partial charge in [0.15, 0.2) is 0 Å². The van der Waals surface area contributed by atoms with Crippen LogP contribution in [0.3, 0.4) is 0 Å². The first-order valence-corrected chi connectivity index (χ1v) is 13.3. The summed E-state index contributed by atoms with van der Waals surface area (Å²) in [4.78, 5) is 37.9. The molecule has 3 aliphatic rings. The first-order valence-electron chi connectivity index (χ1n) is 13.3. The highest BCUT2D eigenvalue weighted by molar-refractivity contribution is 5.94. The summed E-state index contributed by atoms with van der Waals surface area (Å²) in [6.45, 7) is 3.31. The molecular weight excluding hydrogens is 464 g/mol. The average molecular weight is 497 g/mol. The standard InChI is InChI=1S/C29H32N6O2/c36-27(21-4-5-21)31-23-8-6-20(7-9-23)26-14-15-30-29(33-26)32-24-10-12-25(13-11-24)34-16-18-35(19-17-34)28(37)22-2-1-3-22/h6-15,21-22H,1-5,16-19H2,(H,31,36)(H,30,32,33). The number of nitrogens with one attached hydrogen (secondary N) is 2. The van der Waals surface area contributed by atoms with E-state index in [-0.39, 0.29) is 17.7 Å². The van der Waals surface area contributed by atoms with Crippen LogP contribution < -0.4 is 15.5 Å². The molecule has 0 spiro atoms. The molecule has 190 valence electrons. The molecule has 1 aromatic heterocycles. The molecule has 1 aliphatic heterocycles. The second-order valence-electron chi connectivity index (χ2n) is 10.2. The van der Waals surface area contributed by atoms with Crippen LogP contribution in [0.1, 0.15) is 32.1 Å². The van der Waals surface area contributed by atoms with Crippen molar-refractivity contribution in [3.8, 4) is 11.3 Å². The molecule has 2 amide bonds. The molecule has 37 heavy (non-hydrogen) atoms. The summed E-state index contributed by atoms with van der Waals surface area (Å²) >= 11 is 0. The third kappa shape index (κ3) is 5.43. The Labute approximate surface area is 217 Å². The van der Waals surface area contributed by atoms with Crippen LogP contribution in [0, 0.1) is 11.8 Å². The monoisotopic (exact) mass is 496 g/mol. The number of hydrogen-bond acceptors (Lipinski definition) is 6. The number of carbonyl (C=O) groups excluding carboxylic acids is 2. The lowest BCUT2D eigenvalue weighted by atomic mass is 9.84. The number of hydrogen-bond donors (Lipinski definition) is 2. The van der Waals surface area contributed by atoms with E-state index in [0.717, 1.165) is 80.2 Å². The second-order valence-corrected chi connectivity index (χ2v) is 10.2. The van der Waals surface area contributed by atoms with Gasteiger partial charge < -0.3 is 20.4 Å². The van der Waals surface area contributed by atoms with Crippen molar-refractivity contribution in [2.45, 2.75) is 32.1 Å². The molecule has 8 nitrogen and oxygen atoms in total. The summed E-state index contributed by atoms with van der Waals surface area (Å²) in [5, 5.41) is 6.26. The van der Waals surface area contributed by atoms with Crippen molar-refractivity contribution >= 4 is 34.8 Å². The van der Waals surface area contributed by atoms with E-state index < -0.39 is 0 Å². The smallest absolute Gasteiger partial charge is 0.227 e. The Balaban J connectivity index is 1.05. The predicted molar refractivity (Wildman–Crippen MR) is 145 cm³/mol. The summed E-state index contributed by atoms with van der Waals surface area (Å²) in [7, 11) is 0. The minimum atomic E-state index is 0.105. The molecule has 3 fully saturated rings. The van der Waals surface area contributed by atoms with E-state index in [1.54, 1.807) is 6.20 Å². The van der Waals surface area contributed by atoms with E-state index in [4.69, 9.17) is 0 Å².